The summed E-state index contributed by atoms with van der Waals surface area (Å²) in [5, 5.41) is 9.23. The van der Waals surface area contributed by atoms with E-state index in [1.807, 2.05) is 18.2 Å². The van der Waals surface area contributed by atoms with Crippen LogP contribution in [0.25, 0.3) is 0 Å². The van der Waals surface area contributed by atoms with Gasteiger partial charge in [0.2, 0.25) is 9.84 Å². The van der Waals surface area contributed by atoms with E-state index >= 15 is 0 Å². The molecule has 0 radical (unpaired) electrons. The SMILES string of the molecule is N#CC1=CN(c2ccc3c(c2)CCC3)c2cc(F)ccc2S1(=O)=O. The molecule has 2 aromatic rings. The lowest BCUT2D eigenvalue weighted by Crippen LogP contribution is -2.21. The molecule has 0 unspecified atom stereocenters. The lowest BCUT2D eigenvalue weighted by molar-refractivity contribution is 0.600. The Hall–Kier alpha value is -2.65. The first-order valence-corrected chi connectivity index (χ1v) is 9.06. The van der Waals surface area contributed by atoms with Crippen molar-refractivity contribution in [2.24, 2.45) is 0 Å². The molecule has 120 valence electrons. The van der Waals surface area contributed by atoms with Crippen molar-refractivity contribution in [1.29, 1.82) is 5.26 Å². The summed E-state index contributed by atoms with van der Waals surface area (Å²) in [5.74, 6) is -0.524. The summed E-state index contributed by atoms with van der Waals surface area (Å²) in [7, 11) is -3.91. The van der Waals surface area contributed by atoms with E-state index in [1.165, 1.54) is 29.5 Å². The van der Waals surface area contributed by atoms with Gasteiger partial charge in [-0.3, -0.25) is 0 Å². The van der Waals surface area contributed by atoms with E-state index in [-0.39, 0.29) is 15.5 Å². The molecule has 0 amide bonds. The van der Waals surface area contributed by atoms with Gasteiger partial charge in [0.1, 0.15) is 11.9 Å². The third-order valence-corrected chi connectivity index (χ3v) is 6.18. The third kappa shape index (κ3) is 2.13. The van der Waals surface area contributed by atoms with Gasteiger partial charge in [0.25, 0.3) is 0 Å². The van der Waals surface area contributed by atoms with Gasteiger partial charge in [0.05, 0.1) is 10.6 Å². The number of halogens is 1. The van der Waals surface area contributed by atoms with Crippen LogP contribution < -0.4 is 4.90 Å². The molecule has 24 heavy (non-hydrogen) atoms. The lowest BCUT2D eigenvalue weighted by atomic mass is 10.1. The first-order valence-electron chi connectivity index (χ1n) is 7.58. The number of rotatable bonds is 1. The van der Waals surface area contributed by atoms with E-state index in [9.17, 15) is 18.1 Å². The van der Waals surface area contributed by atoms with Crippen LogP contribution in [0.2, 0.25) is 0 Å². The summed E-state index contributed by atoms with van der Waals surface area (Å²) in [6.07, 6.45) is 4.38. The molecule has 0 atom stereocenters. The fourth-order valence-corrected chi connectivity index (χ4v) is 4.57. The zero-order valence-corrected chi connectivity index (χ0v) is 13.5. The Morgan fingerprint density at radius 1 is 1.08 bits per heavy atom. The van der Waals surface area contributed by atoms with Crippen molar-refractivity contribution in [3.05, 3.63) is 64.4 Å². The van der Waals surface area contributed by atoms with E-state index in [1.54, 1.807) is 11.0 Å². The minimum Gasteiger partial charge on any atom is -0.314 e. The molecule has 0 bridgehead atoms. The molecule has 1 heterocycles. The average Bonchev–Trinajstić information content (AvgIpc) is 3.02. The highest BCUT2D eigenvalue weighted by molar-refractivity contribution is 7.95. The van der Waals surface area contributed by atoms with Gasteiger partial charge >= 0.3 is 0 Å². The molecule has 0 saturated heterocycles. The van der Waals surface area contributed by atoms with Crippen molar-refractivity contribution in [3.63, 3.8) is 0 Å². The summed E-state index contributed by atoms with van der Waals surface area (Å²) < 4.78 is 38.7. The Morgan fingerprint density at radius 2 is 1.88 bits per heavy atom. The molecule has 2 aromatic carbocycles. The molecular weight excluding hydrogens is 327 g/mol. The van der Waals surface area contributed by atoms with Crippen LogP contribution >= 0.6 is 0 Å². The predicted octanol–water partition coefficient (Wildman–Crippen LogP) is 3.60. The van der Waals surface area contributed by atoms with Crippen molar-refractivity contribution < 1.29 is 12.8 Å². The zero-order valence-electron chi connectivity index (χ0n) is 12.7. The van der Waals surface area contributed by atoms with E-state index in [0.717, 1.165) is 31.0 Å². The first kappa shape index (κ1) is 14.9. The van der Waals surface area contributed by atoms with Crippen LogP contribution in [-0.2, 0) is 22.7 Å². The van der Waals surface area contributed by atoms with Crippen molar-refractivity contribution in [3.8, 4) is 6.07 Å². The smallest absolute Gasteiger partial charge is 0.220 e. The minimum atomic E-state index is -3.91. The number of nitriles is 1. The highest BCUT2D eigenvalue weighted by Gasteiger charge is 2.32. The highest BCUT2D eigenvalue weighted by atomic mass is 32.2. The van der Waals surface area contributed by atoms with Crippen LogP contribution in [0.15, 0.2) is 52.4 Å². The van der Waals surface area contributed by atoms with Crippen LogP contribution in [0.3, 0.4) is 0 Å². The Morgan fingerprint density at radius 3 is 2.67 bits per heavy atom. The van der Waals surface area contributed by atoms with Crippen molar-refractivity contribution in [2.75, 3.05) is 4.90 Å². The van der Waals surface area contributed by atoms with Gasteiger partial charge in [-0.05, 0) is 60.7 Å². The predicted molar refractivity (Wildman–Crippen MR) is 87.9 cm³/mol. The number of anilines is 2. The Labute approximate surface area is 139 Å². The number of hydrogen-bond acceptors (Lipinski definition) is 4. The van der Waals surface area contributed by atoms with Gasteiger partial charge in [-0.2, -0.15) is 5.26 Å². The molecule has 0 N–H and O–H groups in total. The van der Waals surface area contributed by atoms with Crippen LogP contribution in [0.4, 0.5) is 15.8 Å². The lowest BCUT2D eigenvalue weighted by Gasteiger charge is -2.28. The zero-order chi connectivity index (χ0) is 16.9. The number of allylic oxidation sites excluding steroid dienone is 1. The summed E-state index contributed by atoms with van der Waals surface area (Å²) >= 11 is 0. The fraction of sp³-hybridized carbons (Fsp3) is 0.167. The van der Waals surface area contributed by atoms with E-state index in [2.05, 4.69) is 0 Å². The number of hydrogen-bond donors (Lipinski definition) is 0. The molecule has 2 aliphatic rings. The molecule has 6 heteroatoms. The molecule has 1 aliphatic heterocycles. The van der Waals surface area contributed by atoms with Gasteiger partial charge in [-0.25, -0.2) is 12.8 Å². The maximum absolute atomic E-state index is 13.7. The van der Waals surface area contributed by atoms with Crippen LogP contribution in [-0.4, -0.2) is 8.42 Å². The summed E-state index contributed by atoms with van der Waals surface area (Å²) in [5.41, 5.74) is 3.45. The number of sulfone groups is 1. The summed E-state index contributed by atoms with van der Waals surface area (Å²) in [6.45, 7) is 0. The van der Waals surface area contributed by atoms with Crippen LogP contribution in [0.5, 0.6) is 0 Å². The first-order chi connectivity index (χ1) is 11.5. The second-order valence-electron chi connectivity index (χ2n) is 5.90. The van der Waals surface area contributed by atoms with Crippen molar-refractivity contribution in [1.82, 2.24) is 0 Å². The maximum Gasteiger partial charge on any atom is 0.220 e. The van der Waals surface area contributed by atoms with Crippen LogP contribution in [0, 0.1) is 17.1 Å². The summed E-state index contributed by atoms with van der Waals surface area (Å²) in [4.78, 5) is 1.18. The number of aryl methyl sites for hydroxylation is 2. The Balaban J connectivity index is 1.95. The molecule has 4 nitrogen and oxygen atoms in total. The van der Waals surface area contributed by atoms with E-state index in [4.69, 9.17) is 0 Å². The Kier molecular flexibility index (Phi) is 3.22. The van der Waals surface area contributed by atoms with Crippen molar-refractivity contribution >= 4 is 21.2 Å². The minimum absolute atomic E-state index is 0.0524. The van der Waals surface area contributed by atoms with Gasteiger partial charge in [-0.1, -0.05) is 6.07 Å². The van der Waals surface area contributed by atoms with Gasteiger partial charge in [0, 0.05) is 11.9 Å². The van der Waals surface area contributed by atoms with Gasteiger partial charge in [0.15, 0.2) is 4.91 Å². The van der Waals surface area contributed by atoms with Gasteiger partial charge in [-0.15, -0.1) is 0 Å². The quantitative estimate of drug-likeness (QED) is 0.744. The topological polar surface area (TPSA) is 61.2 Å². The molecule has 4 rings (SSSR count). The molecule has 0 spiro atoms. The highest BCUT2D eigenvalue weighted by Crippen LogP contribution is 2.40. The van der Waals surface area contributed by atoms with Gasteiger partial charge < -0.3 is 4.90 Å². The number of nitrogens with zero attached hydrogens (tertiary/aromatic N) is 2. The average molecular weight is 340 g/mol. The number of fused-ring (bicyclic) bond motifs is 2. The standard InChI is InChI=1S/C18H13FN2O2S/c19-14-5-7-18-17(9-14)21(11-16(10-20)24(18,22)23)15-6-4-12-2-1-3-13(12)8-15/h4-9,11H,1-3H2. The largest absolute Gasteiger partial charge is 0.314 e. The van der Waals surface area contributed by atoms with E-state index < -0.39 is 15.7 Å². The summed E-state index contributed by atoms with van der Waals surface area (Å²) in [6, 6.07) is 11.1. The normalized spacial score (nSPS) is 17.7. The third-order valence-electron chi connectivity index (χ3n) is 4.48. The second kappa shape index (κ2) is 5.18. The van der Waals surface area contributed by atoms with Crippen LogP contribution in [0.1, 0.15) is 17.5 Å². The fourth-order valence-electron chi connectivity index (χ4n) is 3.29. The molecular formula is C18H13FN2O2S. The molecule has 1 aliphatic carbocycles. The van der Waals surface area contributed by atoms with Crippen molar-refractivity contribution in [2.45, 2.75) is 24.2 Å². The number of benzene rings is 2. The molecule has 0 fully saturated rings. The molecule has 0 aromatic heterocycles. The Bertz CT molecular complexity index is 1040. The second-order valence-corrected chi connectivity index (χ2v) is 7.78. The molecule has 0 saturated carbocycles. The maximum atomic E-state index is 13.7. The van der Waals surface area contributed by atoms with E-state index in [0.29, 0.717) is 0 Å². The monoisotopic (exact) mass is 340 g/mol.